The number of amides is 4. The standard InChI is InChI=1S/C40H32ClIN2O7/c1-50-26-18-31(45)34(32(19-26)51-2)35-27-15-16-28-33(38(48)43(36(28)46)24-13-11-23(42)12-14-24)29(27)20-30-37(47)44(25-10-6-9-22(41)17-25)39(49)40(30,35)21-7-4-3-5-8-21/h3-15,17-19,28-30,33,35,45H,16,20H2,1-2H3/t28-,29+,30-,33-,35+,40+/m0/s1. The number of phenols is 1. The normalized spacial score (nSPS) is 26.8. The van der Waals surface area contributed by atoms with Crippen LogP contribution in [0.25, 0.3) is 0 Å². The van der Waals surface area contributed by atoms with Crippen LogP contribution in [0.2, 0.25) is 5.02 Å². The fourth-order valence-electron chi connectivity index (χ4n) is 9.07. The van der Waals surface area contributed by atoms with Crippen molar-refractivity contribution < 1.29 is 33.8 Å². The first-order valence-electron chi connectivity index (χ1n) is 16.6. The zero-order valence-corrected chi connectivity index (χ0v) is 30.5. The molecule has 0 bridgehead atoms. The summed E-state index contributed by atoms with van der Waals surface area (Å²) in [4.78, 5) is 61.4. The predicted octanol–water partition coefficient (Wildman–Crippen LogP) is 7.03. The third kappa shape index (κ3) is 4.86. The number of fused-ring (bicyclic) bond motifs is 4. The van der Waals surface area contributed by atoms with E-state index in [-0.39, 0.29) is 36.2 Å². The predicted molar refractivity (Wildman–Crippen MR) is 199 cm³/mol. The van der Waals surface area contributed by atoms with Gasteiger partial charge < -0.3 is 14.6 Å². The molecule has 0 unspecified atom stereocenters. The van der Waals surface area contributed by atoms with Crippen molar-refractivity contribution in [2.45, 2.75) is 24.2 Å². The molecule has 6 atom stereocenters. The Bertz CT molecular complexity index is 2160. The first-order valence-corrected chi connectivity index (χ1v) is 18.0. The molecule has 8 rings (SSSR count). The van der Waals surface area contributed by atoms with E-state index in [9.17, 15) is 19.5 Å². The minimum absolute atomic E-state index is 0.124. The van der Waals surface area contributed by atoms with E-state index in [0.717, 1.165) is 3.57 Å². The molecule has 1 saturated carbocycles. The number of benzene rings is 4. The third-order valence-corrected chi connectivity index (χ3v) is 12.0. The Labute approximate surface area is 312 Å². The van der Waals surface area contributed by atoms with Crippen molar-refractivity contribution in [1.82, 2.24) is 0 Å². The molecule has 258 valence electrons. The van der Waals surface area contributed by atoms with Gasteiger partial charge in [0.2, 0.25) is 23.6 Å². The molecule has 11 heteroatoms. The van der Waals surface area contributed by atoms with Crippen LogP contribution < -0.4 is 19.3 Å². The number of hydrogen-bond acceptors (Lipinski definition) is 7. The fourth-order valence-corrected chi connectivity index (χ4v) is 9.61. The van der Waals surface area contributed by atoms with Crippen LogP contribution in [-0.4, -0.2) is 43.0 Å². The van der Waals surface area contributed by atoms with E-state index in [0.29, 0.717) is 38.8 Å². The lowest BCUT2D eigenvalue weighted by Crippen LogP contribution is -2.53. The van der Waals surface area contributed by atoms with Gasteiger partial charge in [-0.1, -0.05) is 59.6 Å². The molecule has 4 aliphatic rings. The number of anilines is 2. The Morgan fingerprint density at radius 3 is 2.24 bits per heavy atom. The highest BCUT2D eigenvalue weighted by Gasteiger charge is 2.71. The number of halogens is 2. The number of hydrogen-bond donors (Lipinski definition) is 1. The third-order valence-electron chi connectivity index (χ3n) is 11.1. The Morgan fingerprint density at radius 2 is 1.55 bits per heavy atom. The zero-order chi connectivity index (χ0) is 35.8. The molecular formula is C40H32ClIN2O7. The summed E-state index contributed by atoms with van der Waals surface area (Å²) in [7, 11) is 2.94. The van der Waals surface area contributed by atoms with Gasteiger partial charge in [0.1, 0.15) is 17.2 Å². The zero-order valence-electron chi connectivity index (χ0n) is 27.6. The summed E-state index contributed by atoms with van der Waals surface area (Å²) < 4.78 is 12.3. The summed E-state index contributed by atoms with van der Waals surface area (Å²) in [6.07, 6.45) is 2.31. The fraction of sp³-hybridized carbons (Fsp3) is 0.250. The number of imide groups is 2. The number of phenolic OH excluding ortho intramolecular Hbond substituents is 1. The minimum atomic E-state index is -1.57. The van der Waals surface area contributed by atoms with Gasteiger partial charge >= 0.3 is 0 Å². The van der Waals surface area contributed by atoms with Crippen LogP contribution in [0, 0.1) is 27.2 Å². The first kappa shape index (κ1) is 33.5. The highest BCUT2D eigenvalue weighted by atomic mass is 127. The van der Waals surface area contributed by atoms with Gasteiger partial charge in [0.25, 0.3) is 0 Å². The average Bonchev–Trinajstić information content (AvgIpc) is 3.53. The lowest BCUT2D eigenvalue weighted by molar-refractivity contribution is -0.127. The largest absolute Gasteiger partial charge is 0.507 e. The van der Waals surface area contributed by atoms with Crippen molar-refractivity contribution in [3.63, 3.8) is 0 Å². The molecule has 2 heterocycles. The summed E-state index contributed by atoms with van der Waals surface area (Å²) >= 11 is 8.58. The van der Waals surface area contributed by atoms with Gasteiger partial charge in [-0.15, -0.1) is 0 Å². The van der Waals surface area contributed by atoms with Crippen molar-refractivity contribution in [3.8, 4) is 17.2 Å². The molecule has 2 aliphatic carbocycles. The molecule has 0 spiro atoms. The van der Waals surface area contributed by atoms with Crippen LogP contribution >= 0.6 is 34.2 Å². The number of nitrogens with zero attached hydrogens (tertiary/aromatic N) is 2. The number of allylic oxidation sites excluding steroid dienone is 2. The smallest absolute Gasteiger partial charge is 0.246 e. The SMILES string of the molecule is COc1cc(O)c([C@H]2C3=CC[C@@H]4C(=O)N(c5ccc(I)cc5)C(=O)[C@@H]4[C@@H]3C[C@H]3C(=O)N(c4cccc(Cl)c4)C(=O)[C@@]23c2ccccc2)c(OC)c1. The molecule has 4 aromatic rings. The molecule has 4 aromatic carbocycles. The Balaban J connectivity index is 1.39. The second-order valence-electron chi connectivity index (χ2n) is 13.3. The molecule has 9 nitrogen and oxygen atoms in total. The van der Waals surface area contributed by atoms with Crippen molar-refractivity contribution in [3.05, 3.63) is 122 Å². The van der Waals surface area contributed by atoms with E-state index >= 15 is 4.79 Å². The quantitative estimate of drug-likeness (QED) is 0.126. The number of aromatic hydroxyl groups is 1. The molecule has 3 fully saturated rings. The summed E-state index contributed by atoms with van der Waals surface area (Å²) in [5, 5.41) is 12.2. The Kier molecular flexibility index (Phi) is 8.22. The summed E-state index contributed by atoms with van der Waals surface area (Å²) in [5.41, 5.74) is 0.809. The van der Waals surface area contributed by atoms with Gasteiger partial charge in [0.15, 0.2) is 0 Å². The van der Waals surface area contributed by atoms with Crippen molar-refractivity contribution in [2.75, 3.05) is 24.0 Å². The first-order chi connectivity index (χ1) is 24.6. The van der Waals surface area contributed by atoms with Crippen molar-refractivity contribution >= 4 is 69.2 Å². The van der Waals surface area contributed by atoms with Crippen LogP contribution in [-0.2, 0) is 24.6 Å². The van der Waals surface area contributed by atoms with E-state index < -0.39 is 46.8 Å². The van der Waals surface area contributed by atoms with Crippen LogP contribution in [0.4, 0.5) is 11.4 Å². The van der Waals surface area contributed by atoms with Gasteiger partial charge in [-0.05, 0) is 89.4 Å². The highest BCUT2D eigenvalue weighted by molar-refractivity contribution is 14.1. The van der Waals surface area contributed by atoms with Crippen molar-refractivity contribution in [1.29, 1.82) is 0 Å². The summed E-state index contributed by atoms with van der Waals surface area (Å²) in [5.74, 6) is -5.18. The molecular weight excluding hydrogens is 783 g/mol. The second-order valence-corrected chi connectivity index (χ2v) is 15.0. The number of ether oxygens (including phenoxy) is 2. The average molecular weight is 815 g/mol. The van der Waals surface area contributed by atoms with E-state index in [1.165, 1.54) is 30.1 Å². The van der Waals surface area contributed by atoms with Gasteiger partial charge in [-0.2, -0.15) is 0 Å². The monoisotopic (exact) mass is 814 g/mol. The Hall–Kier alpha value is -4.68. The maximum absolute atomic E-state index is 15.4. The van der Waals surface area contributed by atoms with Crippen LogP contribution in [0.1, 0.15) is 29.9 Å². The van der Waals surface area contributed by atoms with Crippen molar-refractivity contribution in [2.24, 2.45) is 23.7 Å². The minimum Gasteiger partial charge on any atom is -0.507 e. The maximum atomic E-state index is 15.4. The second kappa shape index (κ2) is 12.5. The molecule has 51 heavy (non-hydrogen) atoms. The number of carbonyl (C=O) groups excluding carboxylic acids is 4. The summed E-state index contributed by atoms with van der Waals surface area (Å²) in [6, 6.07) is 26.0. The number of rotatable bonds is 6. The van der Waals surface area contributed by atoms with E-state index in [1.54, 1.807) is 42.5 Å². The highest BCUT2D eigenvalue weighted by Crippen LogP contribution is 2.66. The molecule has 2 saturated heterocycles. The Morgan fingerprint density at radius 1 is 0.804 bits per heavy atom. The van der Waals surface area contributed by atoms with E-state index in [1.807, 2.05) is 48.5 Å². The van der Waals surface area contributed by atoms with Gasteiger partial charge in [-0.3, -0.25) is 24.1 Å². The van der Waals surface area contributed by atoms with Crippen LogP contribution in [0.3, 0.4) is 0 Å². The van der Waals surface area contributed by atoms with E-state index in [4.69, 9.17) is 21.1 Å². The van der Waals surface area contributed by atoms with Gasteiger partial charge in [0.05, 0.1) is 48.8 Å². The lowest BCUT2D eigenvalue weighted by atomic mass is 9.49. The molecule has 0 aromatic heterocycles. The van der Waals surface area contributed by atoms with Crippen LogP contribution in [0.5, 0.6) is 17.2 Å². The topological polar surface area (TPSA) is 113 Å². The number of carbonyl (C=O) groups is 4. The lowest BCUT2D eigenvalue weighted by Gasteiger charge is -2.51. The molecule has 0 radical (unpaired) electrons. The van der Waals surface area contributed by atoms with Gasteiger partial charge in [-0.25, -0.2) is 4.90 Å². The molecule has 1 N–H and O–H groups in total. The van der Waals surface area contributed by atoms with Crippen LogP contribution in [0.15, 0.2) is 103 Å². The molecule has 4 amide bonds. The maximum Gasteiger partial charge on any atom is 0.246 e. The van der Waals surface area contributed by atoms with Gasteiger partial charge in [0, 0.05) is 32.2 Å². The summed E-state index contributed by atoms with van der Waals surface area (Å²) in [6.45, 7) is 0. The number of methoxy groups -OCH3 is 2. The van der Waals surface area contributed by atoms with E-state index in [2.05, 4.69) is 22.6 Å². The molecule has 2 aliphatic heterocycles.